The van der Waals surface area contributed by atoms with Crippen molar-refractivity contribution < 1.29 is 14.3 Å². The number of carbonyl (C=O) groups excluding carboxylic acids is 2. The van der Waals surface area contributed by atoms with Crippen molar-refractivity contribution in [3.63, 3.8) is 0 Å². The third kappa shape index (κ3) is 3.52. The Morgan fingerprint density at radius 2 is 1.76 bits per heavy atom. The van der Waals surface area contributed by atoms with E-state index in [1.165, 1.54) is 12.8 Å². The third-order valence-corrected chi connectivity index (χ3v) is 7.09. The molecule has 3 aliphatic heterocycles. The summed E-state index contributed by atoms with van der Waals surface area (Å²) in [5.74, 6) is 1.00. The van der Waals surface area contributed by atoms with E-state index in [-0.39, 0.29) is 11.9 Å². The summed E-state index contributed by atoms with van der Waals surface area (Å²) < 4.78 is 8.58. The van der Waals surface area contributed by atoms with Gasteiger partial charge in [0, 0.05) is 57.5 Å². The van der Waals surface area contributed by atoms with Crippen molar-refractivity contribution in [1.29, 1.82) is 0 Å². The number of imidazole rings is 1. The molecule has 3 fully saturated rings. The van der Waals surface area contributed by atoms with Crippen LogP contribution in [0.3, 0.4) is 0 Å². The van der Waals surface area contributed by atoms with Gasteiger partial charge in [-0.25, -0.2) is 9.78 Å². The number of piperidine rings is 1. The zero-order chi connectivity index (χ0) is 19.8. The molecule has 0 radical (unpaired) electrons. The summed E-state index contributed by atoms with van der Waals surface area (Å²) in [5, 5.41) is 3.18. The molecule has 0 aromatic carbocycles. The number of aromatic nitrogens is 2. The molecule has 5 rings (SSSR count). The van der Waals surface area contributed by atoms with Crippen molar-refractivity contribution in [2.24, 2.45) is 0 Å². The fourth-order valence-corrected chi connectivity index (χ4v) is 5.41. The van der Waals surface area contributed by atoms with Crippen LogP contribution in [0.1, 0.15) is 57.2 Å². The second-order valence-corrected chi connectivity index (χ2v) is 8.95. The number of urea groups is 1. The molecule has 1 unspecified atom stereocenters. The second-order valence-electron chi connectivity index (χ2n) is 8.95. The van der Waals surface area contributed by atoms with E-state index < -0.39 is 11.7 Å². The van der Waals surface area contributed by atoms with Crippen molar-refractivity contribution in [1.82, 2.24) is 24.7 Å². The number of hydrogen-bond acceptors (Lipinski definition) is 4. The number of nitrogens with zero attached hydrogens (tertiary/aromatic N) is 4. The molecule has 1 aliphatic carbocycles. The minimum atomic E-state index is -0.577. The SMILES string of the molecule is O=C(NC1CCCC1)N1CCC2(CC1)OC(C(=O)N1CCCC1)Cn1ccnc12. The molecule has 1 saturated carbocycles. The standard InChI is InChI=1S/C21H31N5O3/c27-18(24-10-3-4-11-24)17-15-26-14-9-22-19(26)21(29-17)7-12-25(13-8-21)20(28)23-16-5-1-2-6-16/h9,14,16-17H,1-8,10-13,15H2,(H,23,28). The van der Waals surface area contributed by atoms with E-state index in [0.29, 0.717) is 38.5 Å². The second kappa shape index (κ2) is 7.63. The van der Waals surface area contributed by atoms with E-state index in [0.717, 1.165) is 44.6 Å². The van der Waals surface area contributed by atoms with Gasteiger partial charge in [0.2, 0.25) is 0 Å². The molecule has 4 aliphatic rings. The lowest BCUT2D eigenvalue weighted by Crippen LogP contribution is -2.56. The van der Waals surface area contributed by atoms with Gasteiger partial charge in [-0.2, -0.15) is 0 Å². The van der Waals surface area contributed by atoms with Gasteiger partial charge in [0.25, 0.3) is 5.91 Å². The molecule has 2 saturated heterocycles. The molecule has 29 heavy (non-hydrogen) atoms. The number of rotatable bonds is 2. The molecule has 0 bridgehead atoms. The molecular formula is C21H31N5O3. The van der Waals surface area contributed by atoms with Crippen LogP contribution in [0.25, 0.3) is 0 Å². The lowest BCUT2D eigenvalue weighted by Gasteiger charge is -2.46. The van der Waals surface area contributed by atoms with Crippen LogP contribution < -0.4 is 5.32 Å². The van der Waals surface area contributed by atoms with E-state index >= 15 is 0 Å². The van der Waals surface area contributed by atoms with Crippen LogP contribution >= 0.6 is 0 Å². The van der Waals surface area contributed by atoms with Crippen molar-refractivity contribution in [2.45, 2.75) is 75.7 Å². The Labute approximate surface area is 171 Å². The predicted molar refractivity (Wildman–Crippen MR) is 106 cm³/mol. The van der Waals surface area contributed by atoms with Gasteiger partial charge in [-0.05, 0) is 25.7 Å². The smallest absolute Gasteiger partial charge is 0.317 e. The average Bonchev–Trinajstić information content (AvgIpc) is 3.50. The van der Waals surface area contributed by atoms with Gasteiger partial charge in [-0.15, -0.1) is 0 Å². The molecule has 8 heteroatoms. The first-order valence-electron chi connectivity index (χ1n) is 11.2. The van der Waals surface area contributed by atoms with Crippen LogP contribution in [0.15, 0.2) is 12.4 Å². The van der Waals surface area contributed by atoms with Crippen LogP contribution in [0.5, 0.6) is 0 Å². The normalized spacial score (nSPS) is 26.7. The number of carbonyl (C=O) groups is 2. The van der Waals surface area contributed by atoms with Gasteiger partial charge in [-0.3, -0.25) is 4.79 Å². The number of amides is 3. The van der Waals surface area contributed by atoms with Crippen molar-refractivity contribution >= 4 is 11.9 Å². The number of ether oxygens (including phenoxy) is 1. The Hall–Kier alpha value is -2.09. The molecule has 1 N–H and O–H groups in total. The molecule has 1 aromatic heterocycles. The monoisotopic (exact) mass is 401 g/mol. The lowest BCUT2D eigenvalue weighted by molar-refractivity contribution is -0.179. The van der Waals surface area contributed by atoms with Crippen molar-refractivity contribution in [3.05, 3.63) is 18.2 Å². The van der Waals surface area contributed by atoms with Crippen molar-refractivity contribution in [2.75, 3.05) is 26.2 Å². The topological polar surface area (TPSA) is 79.7 Å². The molecular weight excluding hydrogens is 370 g/mol. The number of hydrogen-bond donors (Lipinski definition) is 1. The molecule has 3 amide bonds. The Morgan fingerprint density at radius 3 is 2.48 bits per heavy atom. The van der Waals surface area contributed by atoms with Crippen molar-refractivity contribution in [3.8, 4) is 0 Å². The van der Waals surface area contributed by atoms with Gasteiger partial charge in [0.1, 0.15) is 11.4 Å². The summed E-state index contributed by atoms with van der Waals surface area (Å²) in [4.78, 5) is 34.1. The Kier molecular flexibility index (Phi) is 4.97. The first-order valence-corrected chi connectivity index (χ1v) is 11.2. The fourth-order valence-electron chi connectivity index (χ4n) is 5.41. The summed E-state index contributed by atoms with van der Waals surface area (Å²) in [6, 6.07) is 0.362. The van der Waals surface area contributed by atoms with Crippen LogP contribution in [-0.2, 0) is 21.7 Å². The summed E-state index contributed by atoms with van der Waals surface area (Å²) in [6.45, 7) is 3.43. The zero-order valence-electron chi connectivity index (χ0n) is 17.0. The number of likely N-dealkylation sites (tertiary alicyclic amines) is 2. The highest BCUT2D eigenvalue weighted by atomic mass is 16.5. The van der Waals surface area contributed by atoms with Gasteiger partial charge < -0.3 is 24.4 Å². The highest BCUT2D eigenvalue weighted by molar-refractivity contribution is 5.81. The first-order chi connectivity index (χ1) is 14.1. The Morgan fingerprint density at radius 1 is 1.03 bits per heavy atom. The summed E-state index contributed by atoms with van der Waals surface area (Å²) >= 11 is 0. The van der Waals surface area contributed by atoms with E-state index in [4.69, 9.17) is 4.74 Å². The highest BCUT2D eigenvalue weighted by Gasteiger charge is 2.48. The minimum absolute atomic E-state index is 0.0376. The molecule has 158 valence electrons. The minimum Gasteiger partial charge on any atom is -0.352 e. The Bertz CT molecular complexity index is 758. The predicted octanol–water partition coefficient (Wildman–Crippen LogP) is 1.85. The molecule has 4 heterocycles. The van der Waals surface area contributed by atoms with Crippen LogP contribution in [0.4, 0.5) is 4.79 Å². The first kappa shape index (κ1) is 18.9. The maximum absolute atomic E-state index is 13.0. The van der Waals surface area contributed by atoms with Crippen LogP contribution in [0.2, 0.25) is 0 Å². The summed E-state index contributed by atoms with van der Waals surface area (Å²) in [6.07, 6.45) is 11.4. The highest BCUT2D eigenvalue weighted by Crippen LogP contribution is 2.40. The summed E-state index contributed by atoms with van der Waals surface area (Å²) in [7, 11) is 0. The maximum atomic E-state index is 13.0. The average molecular weight is 402 g/mol. The van der Waals surface area contributed by atoms with E-state index in [1.807, 2.05) is 16.0 Å². The Balaban J connectivity index is 1.28. The number of fused-ring (bicyclic) bond motifs is 2. The van der Waals surface area contributed by atoms with Crippen LogP contribution in [-0.4, -0.2) is 69.6 Å². The maximum Gasteiger partial charge on any atom is 0.317 e. The third-order valence-electron chi connectivity index (χ3n) is 7.09. The van der Waals surface area contributed by atoms with E-state index in [2.05, 4.69) is 14.9 Å². The van der Waals surface area contributed by atoms with E-state index in [1.54, 1.807) is 6.20 Å². The van der Waals surface area contributed by atoms with Crippen LogP contribution in [0, 0.1) is 0 Å². The molecule has 1 spiro atoms. The van der Waals surface area contributed by atoms with Gasteiger partial charge in [-0.1, -0.05) is 12.8 Å². The largest absolute Gasteiger partial charge is 0.352 e. The molecule has 1 atom stereocenters. The van der Waals surface area contributed by atoms with E-state index in [9.17, 15) is 9.59 Å². The molecule has 8 nitrogen and oxygen atoms in total. The number of nitrogens with one attached hydrogen (secondary N) is 1. The molecule has 1 aromatic rings. The van der Waals surface area contributed by atoms with Gasteiger partial charge in [0.05, 0.1) is 6.54 Å². The van der Waals surface area contributed by atoms with Gasteiger partial charge >= 0.3 is 6.03 Å². The quantitative estimate of drug-likeness (QED) is 0.820. The lowest BCUT2D eigenvalue weighted by atomic mass is 9.88. The van der Waals surface area contributed by atoms with Gasteiger partial charge in [0.15, 0.2) is 6.10 Å². The fraction of sp³-hybridized carbons (Fsp3) is 0.762. The zero-order valence-corrected chi connectivity index (χ0v) is 17.0. The summed E-state index contributed by atoms with van der Waals surface area (Å²) in [5.41, 5.74) is -0.577.